The zero-order valence-electron chi connectivity index (χ0n) is 18.6. The third kappa shape index (κ3) is 5.12. The lowest BCUT2D eigenvalue weighted by Crippen LogP contribution is -2.41. The summed E-state index contributed by atoms with van der Waals surface area (Å²) in [5.41, 5.74) is 4.29. The highest BCUT2D eigenvalue weighted by atomic mass is 16.5. The molecule has 0 N–H and O–H groups in total. The van der Waals surface area contributed by atoms with Gasteiger partial charge >= 0.3 is 0 Å². The van der Waals surface area contributed by atoms with E-state index in [4.69, 9.17) is 4.74 Å². The van der Waals surface area contributed by atoms with Crippen molar-refractivity contribution in [3.63, 3.8) is 0 Å². The van der Waals surface area contributed by atoms with E-state index < -0.39 is 0 Å². The third-order valence-electron chi connectivity index (χ3n) is 5.73. The van der Waals surface area contributed by atoms with Crippen molar-refractivity contribution in [2.75, 3.05) is 7.11 Å². The predicted molar refractivity (Wildman–Crippen MR) is 122 cm³/mol. The molecule has 3 aromatic rings. The summed E-state index contributed by atoms with van der Waals surface area (Å²) in [5.74, 6) is 1.07. The predicted octanol–water partition coefficient (Wildman–Crippen LogP) is 5.54. The number of benzene rings is 2. The van der Waals surface area contributed by atoms with Crippen molar-refractivity contribution in [1.82, 2.24) is 9.47 Å². The zero-order chi connectivity index (χ0) is 21.7. The molecule has 3 rings (SSSR count). The lowest BCUT2D eigenvalue weighted by molar-refractivity contribution is 0.0622. The first-order chi connectivity index (χ1) is 14.4. The molecular weight excluding hydrogens is 372 g/mol. The van der Waals surface area contributed by atoms with E-state index in [1.807, 2.05) is 29.2 Å². The van der Waals surface area contributed by atoms with E-state index >= 15 is 0 Å². The standard InChI is InChI=1S/C26H32N2O2/c1-19(2)21(4)28(26(29)23-11-7-13-25(16-23)30-5)18-24-12-8-14-27(24)17-22-10-6-9-20(3)15-22/h6-16,19,21H,17-18H2,1-5H3/t21-/m0/s1. The molecule has 0 aliphatic heterocycles. The minimum absolute atomic E-state index is 0.0263. The fourth-order valence-corrected chi connectivity index (χ4v) is 3.61. The first-order valence-electron chi connectivity index (χ1n) is 10.5. The van der Waals surface area contributed by atoms with Gasteiger partial charge in [-0.1, -0.05) is 49.7 Å². The number of rotatable bonds is 8. The van der Waals surface area contributed by atoms with Crippen molar-refractivity contribution in [3.05, 3.63) is 89.2 Å². The monoisotopic (exact) mass is 404 g/mol. The van der Waals surface area contributed by atoms with Gasteiger partial charge in [-0.05, 0) is 55.7 Å². The van der Waals surface area contributed by atoms with Gasteiger partial charge in [0.15, 0.2) is 0 Å². The maximum Gasteiger partial charge on any atom is 0.254 e. The van der Waals surface area contributed by atoms with Crippen molar-refractivity contribution >= 4 is 5.91 Å². The average Bonchev–Trinajstić information content (AvgIpc) is 3.17. The molecule has 0 unspecified atom stereocenters. The van der Waals surface area contributed by atoms with Crippen LogP contribution in [0.15, 0.2) is 66.9 Å². The Morgan fingerprint density at radius 2 is 1.80 bits per heavy atom. The molecule has 0 saturated heterocycles. The second-order valence-electron chi connectivity index (χ2n) is 8.27. The van der Waals surface area contributed by atoms with Crippen LogP contribution in [0.2, 0.25) is 0 Å². The molecule has 0 fully saturated rings. The van der Waals surface area contributed by atoms with Crippen LogP contribution in [0.1, 0.15) is 48.0 Å². The summed E-state index contributed by atoms with van der Waals surface area (Å²) in [6.45, 7) is 9.90. The van der Waals surface area contributed by atoms with Gasteiger partial charge in [-0.2, -0.15) is 0 Å². The second kappa shape index (κ2) is 9.66. The van der Waals surface area contributed by atoms with E-state index in [0.29, 0.717) is 23.8 Å². The summed E-state index contributed by atoms with van der Waals surface area (Å²) in [7, 11) is 1.62. The van der Waals surface area contributed by atoms with Crippen LogP contribution in [0.25, 0.3) is 0 Å². The van der Waals surface area contributed by atoms with E-state index in [1.54, 1.807) is 7.11 Å². The summed E-state index contributed by atoms with van der Waals surface area (Å²) in [4.78, 5) is 15.4. The second-order valence-corrected chi connectivity index (χ2v) is 8.27. The Hall–Kier alpha value is -3.01. The molecule has 4 nitrogen and oxygen atoms in total. The highest BCUT2D eigenvalue weighted by Gasteiger charge is 2.25. The van der Waals surface area contributed by atoms with Crippen molar-refractivity contribution in [2.45, 2.75) is 46.8 Å². The highest BCUT2D eigenvalue weighted by molar-refractivity contribution is 5.94. The van der Waals surface area contributed by atoms with Gasteiger partial charge in [0.2, 0.25) is 0 Å². The number of hydrogen-bond donors (Lipinski definition) is 0. The fourth-order valence-electron chi connectivity index (χ4n) is 3.61. The summed E-state index contributed by atoms with van der Waals surface area (Å²) < 4.78 is 7.55. The third-order valence-corrected chi connectivity index (χ3v) is 5.73. The zero-order valence-corrected chi connectivity index (χ0v) is 18.6. The lowest BCUT2D eigenvalue weighted by Gasteiger charge is -2.32. The van der Waals surface area contributed by atoms with Gasteiger partial charge in [-0.15, -0.1) is 0 Å². The molecule has 1 heterocycles. The summed E-state index contributed by atoms with van der Waals surface area (Å²) >= 11 is 0. The van der Waals surface area contributed by atoms with Crippen LogP contribution in [0.4, 0.5) is 0 Å². The van der Waals surface area contributed by atoms with Crippen molar-refractivity contribution < 1.29 is 9.53 Å². The largest absolute Gasteiger partial charge is 0.497 e. The lowest BCUT2D eigenvalue weighted by atomic mass is 10.0. The number of methoxy groups -OCH3 is 1. The molecule has 4 heteroatoms. The number of aromatic nitrogens is 1. The Labute approximate surface area is 180 Å². The number of hydrogen-bond acceptors (Lipinski definition) is 2. The normalized spacial score (nSPS) is 12.1. The minimum atomic E-state index is 0.0263. The Bertz CT molecular complexity index is 990. The molecule has 2 aromatic carbocycles. The fraction of sp³-hybridized carbons (Fsp3) is 0.346. The van der Waals surface area contributed by atoms with Crippen molar-refractivity contribution in [2.24, 2.45) is 5.92 Å². The Balaban J connectivity index is 1.87. The molecule has 1 aromatic heterocycles. The number of carbonyl (C=O) groups is 1. The van der Waals surface area contributed by atoms with E-state index in [0.717, 1.165) is 12.2 Å². The Kier molecular flexibility index (Phi) is 6.99. The number of carbonyl (C=O) groups excluding carboxylic acids is 1. The maximum absolute atomic E-state index is 13.5. The molecular formula is C26H32N2O2. The summed E-state index contributed by atoms with van der Waals surface area (Å²) in [6.07, 6.45) is 2.09. The summed E-state index contributed by atoms with van der Waals surface area (Å²) in [6, 6.07) is 20.2. The van der Waals surface area contributed by atoms with Gasteiger partial charge < -0.3 is 14.2 Å². The van der Waals surface area contributed by atoms with Gasteiger partial charge in [0.25, 0.3) is 5.91 Å². The smallest absolute Gasteiger partial charge is 0.254 e. The van der Waals surface area contributed by atoms with Gasteiger partial charge in [-0.25, -0.2) is 0 Å². The van der Waals surface area contributed by atoms with Crippen LogP contribution in [0, 0.1) is 12.8 Å². The van der Waals surface area contributed by atoms with Gasteiger partial charge in [-0.3, -0.25) is 4.79 Å². The van der Waals surface area contributed by atoms with Crippen LogP contribution in [0.5, 0.6) is 5.75 Å². The highest BCUT2D eigenvalue weighted by Crippen LogP contribution is 2.21. The quantitative estimate of drug-likeness (QED) is 0.494. The van der Waals surface area contributed by atoms with Crippen LogP contribution >= 0.6 is 0 Å². The van der Waals surface area contributed by atoms with Crippen molar-refractivity contribution in [3.8, 4) is 5.75 Å². The number of nitrogens with zero attached hydrogens (tertiary/aromatic N) is 2. The van der Waals surface area contributed by atoms with E-state index in [9.17, 15) is 4.79 Å². The average molecular weight is 405 g/mol. The molecule has 0 aliphatic carbocycles. The van der Waals surface area contributed by atoms with E-state index in [1.165, 1.54) is 11.1 Å². The molecule has 0 bridgehead atoms. The Morgan fingerprint density at radius 1 is 1.03 bits per heavy atom. The molecule has 0 radical (unpaired) electrons. The molecule has 30 heavy (non-hydrogen) atoms. The Morgan fingerprint density at radius 3 is 2.50 bits per heavy atom. The maximum atomic E-state index is 13.5. The van der Waals surface area contributed by atoms with Gasteiger partial charge in [0.1, 0.15) is 5.75 Å². The summed E-state index contributed by atoms with van der Waals surface area (Å²) in [5, 5.41) is 0. The molecule has 0 saturated carbocycles. The minimum Gasteiger partial charge on any atom is -0.497 e. The number of ether oxygens (including phenoxy) is 1. The van der Waals surface area contributed by atoms with Crippen LogP contribution in [-0.2, 0) is 13.1 Å². The first-order valence-corrected chi connectivity index (χ1v) is 10.5. The molecule has 1 atom stereocenters. The molecule has 1 amide bonds. The van der Waals surface area contributed by atoms with Gasteiger partial charge in [0, 0.05) is 30.0 Å². The van der Waals surface area contributed by atoms with Crippen LogP contribution in [-0.4, -0.2) is 28.5 Å². The molecule has 158 valence electrons. The van der Waals surface area contributed by atoms with E-state index in [-0.39, 0.29) is 11.9 Å². The SMILES string of the molecule is COc1cccc(C(=O)N(Cc2cccn2Cc2cccc(C)c2)[C@@H](C)C(C)C)c1. The van der Waals surface area contributed by atoms with Crippen LogP contribution in [0.3, 0.4) is 0 Å². The van der Waals surface area contributed by atoms with E-state index in [2.05, 4.69) is 74.9 Å². The first kappa shape index (κ1) is 21.7. The molecule has 0 spiro atoms. The van der Waals surface area contributed by atoms with Crippen molar-refractivity contribution in [1.29, 1.82) is 0 Å². The van der Waals surface area contributed by atoms with Gasteiger partial charge in [0.05, 0.1) is 13.7 Å². The molecule has 0 aliphatic rings. The van der Waals surface area contributed by atoms with Crippen LogP contribution < -0.4 is 4.74 Å². The number of amides is 1. The number of aryl methyl sites for hydroxylation is 1. The topological polar surface area (TPSA) is 34.5 Å².